The lowest BCUT2D eigenvalue weighted by atomic mass is 10.0. The number of rotatable bonds is 5. The van der Waals surface area contributed by atoms with Gasteiger partial charge in [0.2, 0.25) is 0 Å². The van der Waals surface area contributed by atoms with E-state index >= 15 is 0 Å². The third kappa shape index (κ3) is 4.99. The maximum atomic E-state index is 9.31. The quantitative estimate of drug-likeness (QED) is 0.595. The minimum atomic E-state index is -0.632. The summed E-state index contributed by atoms with van der Waals surface area (Å²) >= 11 is 0. The van der Waals surface area contributed by atoms with Gasteiger partial charge in [0.15, 0.2) is 0 Å². The van der Waals surface area contributed by atoms with Crippen molar-refractivity contribution in [1.29, 1.82) is 0 Å². The zero-order chi connectivity index (χ0) is 8.85. The molecule has 2 unspecified atom stereocenters. The molecule has 0 fully saturated rings. The van der Waals surface area contributed by atoms with Crippen LogP contribution in [0.2, 0.25) is 0 Å². The van der Waals surface area contributed by atoms with E-state index in [9.17, 15) is 10.2 Å². The second-order valence-corrected chi connectivity index (χ2v) is 3.08. The molecule has 0 radical (unpaired) electrons. The fourth-order valence-electron chi connectivity index (χ4n) is 0.981. The molecule has 0 bridgehead atoms. The summed E-state index contributed by atoms with van der Waals surface area (Å²) in [5.41, 5.74) is 0.910. The lowest BCUT2D eigenvalue weighted by molar-refractivity contribution is 0.0149. The van der Waals surface area contributed by atoms with Crippen molar-refractivity contribution in [3.05, 3.63) is 12.2 Å². The molecule has 0 saturated carbocycles. The zero-order valence-electron chi connectivity index (χ0n) is 7.38. The SMILES string of the molecule is C=C(C)CC(O)C(O)CCC. The van der Waals surface area contributed by atoms with Crippen LogP contribution in [0.4, 0.5) is 0 Å². The third-order valence-corrected chi connectivity index (χ3v) is 1.59. The van der Waals surface area contributed by atoms with E-state index in [0.29, 0.717) is 12.8 Å². The van der Waals surface area contributed by atoms with Crippen LogP contribution in [0.3, 0.4) is 0 Å². The number of aliphatic hydroxyl groups excluding tert-OH is 2. The van der Waals surface area contributed by atoms with Gasteiger partial charge >= 0.3 is 0 Å². The standard InChI is InChI=1S/C9H18O2/c1-4-5-8(10)9(11)6-7(2)3/h8-11H,2,4-6H2,1,3H3. The van der Waals surface area contributed by atoms with Crippen LogP contribution in [0.25, 0.3) is 0 Å². The number of hydrogen-bond acceptors (Lipinski definition) is 2. The summed E-state index contributed by atoms with van der Waals surface area (Å²) in [6.07, 6.45) is 0.841. The monoisotopic (exact) mass is 158 g/mol. The van der Waals surface area contributed by atoms with E-state index in [2.05, 4.69) is 6.58 Å². The van der Waals surface area contributed by atoms with Gasteiger partial charge < -0.3 is 10.2 Å². The van der Waals surface area contributed by atoms with Crippen LogP contribution in [0, 0.1) is 0 Å². The Bertz CT molecular complexity index is 121. The highest BCUT2D eigenvalue weighted by Crippen LogP contribution is 2.09. The van der Waals surface area contributed by atoms with E-state index in [-0.39, 0.29) is 0 Å². The Hall–Kier alpha value is -0.340. The van der Waals surface area contributed by atoms with Crippen LogP contribution >= 0.6 is 0 Å². The molecule has 2 nitrogen and oxygen atoms in total. The van der Waals surface area contributed by atoms with Gasteiger partial charge in [-0.1, -0.05) is 18.9 Å². The minimum Gasteiger partial charge on any atom is -0.390 e. The van der Waals surface area contributed by atoms with Crippen molar-refractivity contribution in [1.82, 2.24) is 0 Å². The van der Waals surface area contributed by atoms with Gasteiger partial charge in [-0.25, -0.2) is 0 Å². The molecule has 0 rings (SSSR count). The van der Waals surface area contributed by atoms with Gasteiger partial charge in [-0.15, -0.1) is 6.58 Å². The molecule has 2 N–H and O–H groups in total. The van der Waals surface area contributed by atoms with Crippen molar-refractivity contribution >= 4 is 0 Å². The van der Waals surface area contributed by atoms with E-state index in [1.807, 2.05) is 13.8 Å². The van der Waals surface area contributed by atoms with Crippen LogP contribution in [0.1, 0.15) is 33.1 Å². The predicted molar refractivity (Wildman–Crippen MR) is 46.4 cm³/mol. The Labute approximate surface area is 68.6 Å². The number of aliphatic hydroxyl groups is 2. The van der Waals surface area contributed by atoms with Crippen molar-refractivity contribution in [3.63, 3.8) is 0 Å². The molecular formula is C9H18O2. The fourth-order valence-corrected chi connectivity index (χ4v) is 0.981. The first kappa shape index (κ1) is 10.7. The largest absolute Gasteiger partial charge is 0.390 e. The van der Waals surface area contributed by atoms with Gasteiger partial charge in [0.1, 0.15) is 0 Å². The summed E-state index contributed by atoms with van der Waals surface area (Å²) in [5, 5.41) is 18.6. The van der Waals surface area contributed by atoms with Gasteiger partial charge in [0.25, 0.3) is 0 Å². The summed E-state index contributed by atoms with van der Waals surface area (Å²) in [7, 11) is 0. The summed E-state index contributed by atoms with van der Waals surface area (Å²) in [5.74, 6) is 0. The summed E-state index contributed by atoms with van der Waals surface area (Å²) in [6.45, 7) is 7.50. The first-order valence-corrected chi connectivity index (χ1v) is 4.08. The number of hydrogen-bond donors (Lipinski definition) is 2. The van der Waals surface area contributed by atoms with Crippen LogP contribution < -0.4 is 0 Å². The third-order valence-electron chi connectivity index (χ3n) is 1.59. The van der Waals surface area contributed by atoms with E-state index in [0.717, 1.165) is 12.0 Å². The maximum absolute atomic E-state index is 9.31. The second kappa shape index (κ2) is 5.33. The summed E-state index contributed by atoms with van der Waals surface area (Å²) in [6, 6.07) is 0. The molecule has 0 spiro atoms. The van der Waals surface area contributed by atoms with Crippen LogP contribution in [-0.4, -0.2) is 22.4 Å². The average molecular weight is 158 g/mol. The molecule has 0 aromatic rings. The van der Waals surface area contributed by atoms with Crippen molar-refractivity contribution in [3.8, 4) is 0 Å². The fraction of sp³-hybridized carbons (Fsp3) is 0.778. The van der Waals surface area contributed by atoms with Crippen molar-refractivity contribution < 1.29 is 10.2 Å². The molecule has 2 heteroatoms. The van der Waals surface area contributed by atoms with E-state index in [1.54, 1.807) is 0 Å². The Morgan fingerprint density at radius 2 is 1.91 bits per heavy atom. The van der Waals surface area contributed by atoms with Gasteiger partial charge in [-0.3, -0.25) is 0 Å². The molecule has 0 aromatic heterocycles. The molecular weight excluding hydrogens is 140 g/mol. The van der Waals surface area contributed by atoms with Crippen LogP contribution in [0.5, 0.6) is 0 Å². The van der Waals surface area contributed by atoms with Crippen LogP contribution in [-0.2, 0) is 0 Å². The minimum absolute atomic E-state index is 0.501. The average Bonchev–Trinajstić information content (AvgIpc) is 1.86. The molecule has 0 aliphatic rings. The molecule has 66 valence electrons. The zero-order valence-corrected chi connectivity index (χ0v) is 7.38. The normalized spacial score (nSPS) is 16.0. The molecule has 0 amide bonds. The Balaban J connectivity index is 3.63. The molecule has 0 saturated heterocycles. The molecule has 0 aliphatic heterocycles. The van der Waals surface area contributed by atoms with Crippen molar-refractivity contribution in [2.24, 2.45) is 0 Å². The van der Waals surface area contributed by atoms with Crippen molar-refractivity contribution in [2.45, 2.75) is 45.3 Å². The maximum Gasteiger partial charge on any atom is 0.0835 e. The first-order valence-electron chi connectivity index (χ1n) is 4.08. The molecule has 0 aromatic carbocycles. The smallest absolute Gasteiger partial charge is 0.0835 e. The highest BCUT2D eigenvalue weighted by molar-refractivity contribution is 4.92. The molecule has 2 atom stereocenters. The molecule has 11 heavy (non-hydrogen) atoms. The Morgan fingerprint density at radius 1 is 1.36 bits per heavy atom. The molecule has 0 heterocycles. The van der Waals surface area contributed by atoms with E-state index in [1.165, 1.54) is 0 Å². The van der Waals surface area contributed by atoms with Crippen LogP contribution in [0.15, 0.2) is 12.2 Å². The van der Waals surface area contributed by atoms with Gasteiger partial charge in [0, 0.05) is 0 Å². The Morgan fingerprint density at radius 3 is 2.27 bits per heavy atom. The topological polar surface area (TPSA) is 40.5 Å². The highest BCUT2D eigenvalue weighted by atomic mass is 16.3. The Kier molecular flexibility index (Phi) is 5.16. The van der Waals surface area contributed by atoms with Crippen molar-refractivity contribution in [2.75, 3.05) is 0 Å². The predicted octanol–water partition coefficient (Wildman–Crippen LogP) is 1.47. The first-order chi connectivity index (χ1) is 5.07. The van der Waals surface area contributed by atoms with Gasteiger partial charge in [-0.2, -0.15) is 0 Å². The van der Waals surface area contributed by atoms with E-state index < -0.39 is 12.2 Å². The lowest BCUT2D eigenvalue weighted by Gasteiger charge is -2.16. The highest BCUT2D eigenvalue weighted by Gasteiger charge is 2.14. The molecule has 0 aliphatic carbocycles. The van der Waals surface area contributed by atoms with E-state index in [4.69, 9.17) is 0 Å². The second-order valence-electron chi connectivity index (χ2n) is 3.08. The van der Waals surface area contributed by atoms with Gasteiger partial charge in [-0.05, 0) is 19.8 Å². The lowest BCUT2D eigenvalue weighted by Crippen LogP contribution is -2.25. The van der Waals surface area contributed by atoms with Gasteiger partial charge in [0.05, 0.1) is 12.2 Å². The summed E-state index contributed by atoms with van der Waals surface area (Å²) < 4.78 is 0. The summed E-state index contributed by atoms with van der Waals surface area (Å²) in [4.78, 5) is 0.